The lowest BCUT2D eigenvalue weighted by atomic mass is 10.0. The minimum absolute atomic E-state index is 0.144. The van der Waals surface area contributed by atoms with E-state index in [9.17, 15) is 9.59 Å². The molecule has 0 radical (unpaired) electrons. The number of rotatable bonds is 7. The number of aliphatic carboxylic acids is 1. The van der Waals surface area contributed by atoms with Crippen LogP contribution in [0.25, 0.3) is 0 Å². The number of carbonyl (C=O) groups excluding carboxylic acids is 1. The Kier molecular flexibility index (Phi) is 6.64. The smallest absolute Gasteiger partial charge is 0.305 e. The second-order valence-electron chi connectivity index (χ2n) is 5.50. The molecule has 0 unspecified atom stereocenters. The minimum atomic E-state index is -0.958. The SMILES string of the molecule is O=C(O)C[C@H](Cc1ccc(Cl)cc1)NC(=O)Cc1ccc(Cl)cc1. The summed E-state index contributed by atoms with van der Waals surface area (Å²) in [5.41, 5.74) is 1.73. The second kappa shape index (κ2) is 8.71. The first kappa shape index (κ1) is 18.3. The summed E-state index contributed by atoms with van der Waals surface area (Å²) in [6.45, 7) is 0. The maximum Gasteiger partial charge on any atom is 0.305 e. The van der Waals surface area contributed by atoms with Gasteiger partial charge in [-0.25, -0.2) is 0 Å². The number of benzene rings is 2. The summed E-state index contributed by atoms with van der Waals surface area (Å²) in [5.74, 6) is -1.18. The summed E-state index contributed by atoms with van der Waals surface area (Å²) in [6.07, 6.45) is 0.457. The Morgan fingerprint density at radius 2 is 1.42 bits per heavy atom. The summed E-state index contributed by atoms with van der Waals surface area (Å²) in [7, 11) is 0. The van der Waals surface area contributed by atoms with Gasteiger partial charge >= 0.3 is 5.97 Å². The maximum atomic E-state index is 12.2. The lowest BCUT2D eigenvalue weighted by molar-refractivity contribution is -0.137. The Morgan fingerprint density at radius 3 is 1.92 bits per heavy atom. The van der Waals surface area contributed by atoms with Gasteiger partial charge in [-0.15, -0.1) is 0 Å². The first-order chi connectivity index (χ1) is 11.4. The van der Waals surface area contributed by atoms with Gasteiger partial charge in [-0.3, -0.25) is 9.59 Å². The average Bonchev–Trinajstić information content (AvgIpc) is 2.51. The number of carbonyl (C=O) groups is 2. The van der Waals surface area contributed by atoms with E-state index in [0.717, 1.165) is 11.1 Å². The highest BCUT2D eigenvalue weighted by molar-refractivity contribution is 6.30. The van der Waals surface area contributed by atoms with E-state index in [-0.39, 0.29) is 18.7 Å². The highest BCUT2D eigenvalue weighted by atomic mass is 35.5. The molecule has 0 aliphatic carbocycles. The third-order valence-corrected chi connectivity index (χ3v) is 3.96. The summed E-state index contributed by atoms with van der Waals surface area (Å²) < 4.78 is 0. The summed E-state index contributed by atoms with van der Waals surface area (Å²) in [4.78, 5) is 23.2. The van der Waals surface area contributed by atoms with Crippen molar-refractivity contribution >= 4 is 35.1 Å². The van der Waals surface area contributed by atoms with Crippen LogP contribution in [0.3, 0.4) is 0 Å². The molecule has 6 heteroatoms. The lowest BCUT2D eigenvalue weighted by Gasteiger charge is -2.17. The molecule has 1 atom stereocenters. The number of amides is 1. The standard InChI is InChI=1S/C18H17Cl2NO3/c19-14-5-1-12(2-6-14)9-16(11-18(23)24)21-17(22)10-13-3-7-15(20)8-4-13/h1-8,16H,9-11H2,(H,21,22)(H,23,24)/t16-/m0/s1. The molecule has 2 aromatic carbocycles. The number of carboxylic acids is 1. The topological polar surface area (TPSA) is 66.4 Å². The van der Waals surface area contributed by atoms with Crippen LogP contribution >= 0.6 is 23.2 Å². The Bertz CT molecular complexity index is 699. The zero-order valence-electron chi connectivity index (χ0n) is 12.8. The van der Waals surface area contributed by atoms with E-state index in [1.54, 1.807) is 36.4 Å². The first-order valence-corrected chi connectivity index (χ1v) is 8.18. The largest absolute Gasteiger partial charge is 0.481 e. The molecule has 0 fully saturated rings. The van der Waals surface area contributed by atoms with Gasteiger partial charge in [0.25, 0.3) is 0 Å². The molecule has 0 aromatic heterocycles. The van der Waals surface area contributed by atoms with Crippen LogP contribution in [0.5, 0.6) is 0 Å². The highest BCUT2D eigenvalue weighted by Gasteiger charge is 2.17. The van der Waals surface area contributed by atoms with E-state index in [1.165, 1.54) is 0 Å². The number of halogens is 2. The van der Waals surface area contributed by atoms with E-state index >= 15 is 0 Å². The quantitative estimate of drug-likeness (QED) is 0.785. The second-order valence-corrected chi connectivity index (χ2v) is 6.37. The summed E-state index contributed by atoms with van der Waals surface area (Å²) in [5, 5.41) is 13.1. The fourth-order valence-electron chi connectivity index (χ4n) is 2.36. The van der Waals surface area contributed by atoms with Gasteiger partial charge in [0.05, 0.1) is 12.8 Å². The van der Waals surface area contributed by atoms with Gasteiger partial charge in [-0.1, -0.05) is 47.5 Å². The van der Waals surface area contributed by atoms with E-state index in [2.05, 4.69) is 5.32 Å². The number of carboxylic acid groups (broad SMARTS) is 1. The molecule has 2 rings (SSSR count). The fraction of sp³-hybridized carbons (Fsp3) is 0.222. The molecule has 2 N–H and O–H groups in total. The van der Waals surface area contributed by atoms with E-state index < -0.39 is 12.0 Å². The van der Waals surface area contributed by atoms with E-state index in [4.69, 9.17) is 28.3 Å². The van der Waals surface area contributed by atoms with Crippen LogP contribution in [0.2, 0.25) is 10.0 Å². The molecule has 0 aliphatic heterocycles. The van der Waals surface area contributed by atoms with Gasteiger partial charge in [-0.05, 0) is 41.8 Å². The molecule has 1 amide bonds. The van der Waals surface area contributed by atoms with Crippen LogP contribution in [0, 0.1) is 0 Å². The first-order valence-electron chi connectivity index (χ1n) is 7.42. The van der Waals surface area contributed by atoms with Crippen LogP contribution in [0.1, 0.15) is 17.5 Å². The predicted octanol–water partition coefficient (Wildman–Crippen LogP) is 3.74. The van der Waals surface area contributed by atoms with Crippen LogP contribution in [0.4, 0.5) is 0 Å². The number of nitrogens with one attached hydrogen (secondary N) is 1. The van der Waals surface area contributed by atoms with E-state index in [1.807, 2.05) is 12.1 Å². The van der Waals surface area contributed by atoms with Crippen LogP contribution in [-0.4, -0.2) is 23.0 Å². The monoisotopic (exact) mass is 365 g/mol. The van der Waals surface area contributed by atoms with Crippen LogP contribution in [0.15, 0.2) is 48.5 Å². The number of hydrogen-bond acceptors (Lipinski definition) is 2. The third kappa shape index (κ3) is 6.22. The summed E-state index contributed by atoms with van der Waals surface area (Å²) in [6, 6.07) is 13.6. The van der Waals surface area contributed by atoms with Crippen molar-refractivity contribution in [1.29, 1.82) is 0 Å². The molecule has 24 heavy (non-hydrogen) atoms. The van der Waals surface area contributed by atoms with Gasteiger partial charge in [-0.2, -0.15) is 0 Å². The van der Waals surface area contributed by atoms with Crippen molar-refractivity contribution in [2.24, 2.45) is 0 Å². The van der Waals surface area contributed by atoms with Crippen molar-refractivity contribution in [2.75, 3.05) is 0 Å². The van der Waals surface area contributed by atoms with Crippen LogP contribution < -0.4 is 5.32 Å². The molecule has 0 saturated carbocycles. The Labute approximate surface area is 150 Å². The van der Waals surface area contributed by atoms with Crippen molar-refractivity contribution in [3.63, 3.8) is 0 Å². The van der Waals surface area contributed by atoms with Crippen molar-refractivity contribution < 1.29 is 14.7 Å². The van der Waals surface area contributed by atoms with Gasteiger partial charge in [0.15, 0.2) is 0 Å². The summed E-state index contributed by atoms with van der Waals surface area (Å²) >= 11 is 11.7. The molecular formula is C18H17Cl2NO3. The molecule has 4 nitrogen and oxygen atoms in total. The average molecular weight is 366 g/mol. The Hall–Kier alpha value is -2.04. The van der Waals surface area contributed by atoms with Gasteiger partial charge in [0.1, 0.15) is 0 Å². The highest BCUT2D eigenvalue weighted by Crippen LogP contribution is 2.13. The molecule has 0 spiro atoms. The third-order valence-electron chi connectivity index (χ3n) is 3.46. The lowest BCUT2D eigenvalue weighted by Crippen LogP contribution is -2.38. The van der Waals surface area contributed by atoms with Crippen molar-refractivity contribution in [2.45, 2.75) is 25.3 Å². The van der Waals surface area contributed by atoms with Crippen molar-refractivity contribution in [1.82, 2.24) is 5.32 Å². The Morgan fingerprint density at radius 1 is 0.917 bits per heavy atom. The molecule has 0 heterocycles. The van der Waals surface area contributed by atoms with Crippen molar-refractivity contribution in [3.05, 3.63) is 69.7 Å². The maximum absolute atomic E-state index is 12.2. The van der Waals surface area contributed by atoms with Gasteiger partial charge in [0.2, 0.25) is 5.91 Å². The van der Waals surface area contributed by atoms with Gasteiger partial charge < -0.3 is 10.4 Å². The van der Waals surface area contributed by atoms with E-state index in [0.29, 0.717) is 16.5 Å². The molecule has 0 aliphatic rings. The fourth-order valence-corrected chi connectivity index (χ4v) is 2.61. The number of hydrogen-bond donors (Lipinski definition) is 2. The minimum Gasteiger partial charge on any atom is -0.481 e. The molecule has 2 aromatic rings. The molecule has 126 valence electrons. The van der Waals surface area contributed by atoms with Gasteiger partial charge in [0, 0.05) is 16.1 Å². The van der Waals surface area contributed by atoms with Crippen LogP contribution in [-0.2, 0) is 22.4 Å². The Balaban J connectivity index is 1.99. The molecular weight excluding hydrogens is 349 g/mol. The zero-order valence-corrected chi connectivity index (χ0v) is 14.3. The van der Waals surface area contributed by atoms with Crippen molar-refractivity contribution in [3.8, 4) is 0 Å². The predicted molar refractivity (Wildman–Crippen MR) is 94.5 cm³/mol. The zero-order chi connectivity index (χ0) is 17.5. The molecule has 0 bridgehead atoms. The normalized spacial score (nSPS) is 11.8. The molecule has 0 saturated heterocycles.